The van der Waals surface area contributed by atoms with Gasteiger partial charge in [0.2, 0.25) is 0 Å². The molecule has 2 aromatic carbocycles. The van der Waals surface area contributed by atoms with Crippen molar-refractivity contribution in [2.45, 2.75) is 27.0 Å². The van der Waals surface area contributed by atoms with E-state index in [-0.39, 0.29) is 0 Å². The topological polar surface area (TPSA) is 21.3 Å². The van der Waals surface area contributed by atoms with Crippen molar-refractivity contribution in [3.63, 3.8) is 0 Å². The number of halogens is 1. The van der Waals surface area contributed by atoms with E-state index < -0.39 is 0 Å². The maximum Gasteiger partial charge on any atom is 0.127 e. The van der Waals surface area contributed by atoms with Crippen LogP contribution in [0.2, 0.25) is 0 Å². The first-order valence-corrected chi connectivity index (χ1v) is 7.67. The summed E-state index contributed by atoms with van der Waals surface area (Å²) < 4.78 is 7.15. The lowest BCUT2D eigenvalue weighted by Gasteiger charge is -2.15. The van der Waals surface area contributed by atoms with Crippen molar-refractivity contribution in [2.75, 3.05) is 6.54 Å². The molecule has 2 rings (SSSR count). The summed E-state index contributed by atoms with van der Waals surface area (Å²) >= 11 is 3.56. The Morgan fingerprint density at radius 1 is 1.05 bits per heavy atom. The van der Waals surface area contributed by atoms with Gasteiger partial charge in [-0.1, -0.05) is 59.3 Å². The van der Waals surface area contributed by atoms with Crippen molar-refractivity contribution >= 4 is 15.9 Å². The van der Waals surface area contributed by atoms with Crippen molar-refractivity contribution in [1.82, 2.24) is 5.32 Å². The SMILES string of the molecule is CCNCc1cccc(C)c1OCc1ccccc1Br. The van der Waals surface area contributed by atoms with Crippen LogP contribution in [0.15, 0.2) is 46.9 Å². The molecular weight excluding hydrogens is 314 g/mol. The highest BCUT2D eigenvalue weighted by Crippen LogP contribution is 2.25. The van der Waals surface area contributed by atoms with E-state index in [0.717, 1.165) is 28.9 Å². The first-order chi connectivity index (χ1) is 9.72. The summed E-state index contributed by atoms with van der Waals surface area (Å²) in [4.78, 5) is 0. The molecule has 0 spiro atoms. The van der Waals surface area contributed by atoms with Gasteiger partial charge in [0, 0.05) is 22.1 Å². The van der Waals surface area contributed by atoms with Crippen LogP contribution >= 0.6 is 15.9 Å². The number of aryl methyl sites for hydroxylation is 1. The molecule has 2 nitrogen and oxygen atoms in total. The van der Waals surface area contributed by atoms with Crippen molar-refractivity contribution in [3.05, 3.63) is 63.6 Å². The van der Waals surface area contributed by atoms with E-state index >= 15 is 0 Å². The Morgan fingerprint density at radius 3 is 2.55 bits per heavy atom. The molecule has 0 amide bonds. The molecule has 0 atom stereocenters. The van der Waals surface area contributed by atoms with Crippen LogP contribution in [0.3, 0.4) is 0 Å². The highest BCUT2D eigenvalue weighted by molar-refractivity contribution is 9.10. The molecule has 0 saturated carbocycles. The highest BCUT2D eigenvalue weighted by Gasteiger charge is 2.08. The lowest BCUT2D eigenvalue weighted by atomic mass is 10.1. The van der Waals surface area contributed by atoms with Gasteiger partial charge in [-0.05, 0) is 25.1 Å². The largest absolute Gasteiger partial charge is 0.488 e. The normalized spacial score (nSPS) is 10.6. The summed E-state index contributed by atoms with van der Waals surface area (Å²) in [6, 6.07) is 14.4. The average Bonchev–Trinajstić information content (AvgIpc) is 2.45. The van der Waals surface area contributed by atoms with Gasteiger partial charge in [0.1, 0.15) is 12.4 Å². The molecule has 2 aromatic rings. The molecule has 106 valence electrons. The Bertz CT molecular complexity index is 569. The summed E-state index contributed by atoms with van der Waals surface area (Å²) in [5.41, 5.74) is 3.54. The summed E-state index contributed by atoms with van der Waals surface area (Å²) in [6.45, 7) is 6.56. The first-order valence-electron chi connectivity index (χ1n) is 6.87. The summed E-state index contributed by atoms with van der Waals surface area (Å²) in [7, 11) is 0. The Morgan fingerprint density at radius 2 is 1.80 bits per heavy atom. The number of benzene rings is 2. The number of rotatable bonds is 6. The molecular formula is C17H20BrNO. The van der Waals surface area contributed by atoms with Gasteiger partial charge in [-0.2, -0.15) is 0 Å². The quantitative estimate of drug-likeness (QED) is 0.843. The van der Waals surface area contributed by atoms with Crippen LogP contribution in [0, 0.1) is 6.92 Å². The predicted octanol–water partition coefficient (Wildman–Crippen LogP) is 4.45. The van der Waals surface area contributed by atoms with Crippen LogP contribution in [0.5, 0.6) is 5.75 Å². The van der Waals surface area contributed by atoms with Gasteiger partial charge in [0.05, 0.1) is 0 Å². The molecule has 0 bridgehead atoms. The van der Waals surface area contributed by atoms with Gasteiger partial charge in [0.25, 0.3) is 0 Å². The van der Waals surface area contributed by atoms with E-state index in [0.29, 0.717) is 6.61 Å². The van der Waals surface area contributed by atoms with E-state index in [1.165, 1.54) is 11.1 Å². The van der Waals surface area contributed by atoms with Crippen LogP contribution in [0.25, 0.3) is 0 Å². The molecule has 1 N–H and O–H groups in total. The summed E-state index contributed by atoms with van der Waals surface area (Å²) in [5, 5.41) is 3.35. The molecule has 0 aliphatic heterocycles. The fourth-order valence-electron chi connectivity index (χ4n) is 2.08. The predicted molar refractivity (Wildman–Crippen MR) is 87.0 cm³/mol. The second-order valence-corrected chi connectivity index (χ2v) is 5.58. The van der Waals surface area contributed by atoms with Crippen molar-refractivity contribution in [3.8, 4) is 5.75 Å². The molecule has 20 heavy (non-hydrogen) atoms. The Hall–Kier alpha value is -1.32. The number of nitrogens with one attached hydrogen (secondary N) is 1. The standard InChI is InChI=1S/C17H20BrNO/c1-3-19-11-14-9-6-7-13(2)17(14)20-12-15-8-4-5-10-16(15)18/h4-10,19H,3,11-12H2,1-2H3. The monoisotopic (exact) mass is 333 g/mol. The number of ether oxygens (including phenoxy) is 1. The minimum absolute atomic E-state index is 0.575. The van der Waals surface area contributed by atoms with Crippen molar-refractivity contribution in [2.24, 2.45) is 0 Å². The van der Waals surface area contributed by atoms with E-state index in [1.54, 1.807) is 0 Å². The molecule has 0 heterocycles. The van der Waals surface area contributed by atoms with Gasteiger partial charge in [-0.3, -0.25) is 0 Å². The lowest BCUT2D eigenvalue weighted by Crippen LogP contribution is -2.13. The number of para-hydroxylation sites is 1. The van der Waals surface area contributed by atoms with Gasteiger partial charge in [0.15, 0.2) is 0 Å². The van der Waals surface area contributed by atoms with Gasteiger partial charge in [-0.25, -0.2) is 0 Å². The van der Waals surface area contributed by atoms with E-state index in [2.05, 4.69) is 59.4 Å². The van der Waals surface area contributed by atoms with Gasteiger partial charge >= 0.3 is 0 Å². The fraction of sp³-hybridized carbons (Fsp3) is 0.294. The van der Waals surface area contributed by atoms with E-state index in [9.17, 15) is 0 Å². The molecule has 3 heteroatoms. The van der Waals surface area contributed by atoms with Crippen LogP contribution in [-0.2, 0) is 13.2 Å². The Kier molecular flexibility index (Phi) is 5.62. The first kappa shape index (κ1) is 15.1. The maximum absolute atomic E-state index is 6.06. The molecule has 0 fully saturated rings. The van der Waals surface area contributed by atoms with Crippen molar-refractivity contribution < 1.29 is 4.74 Å². The minimum Gasteiger partial charge on any atom is -0.488 e. The summed E-state index contributed by atoms with van der Waals surface area (Å²) in [5.74, 6) is 0.990. The van der Waals surface area contributed by atoms with Crippen LogP contribution in [0.1, 0.15) is 23.6 Å². The van der Waals surface area contributed by atoms with Gasteiger partial charge < -0.3 is 10.1 Å². The third-order valence-electron chi connectivity index (χ3n) is 3.19. The zero-order valence-electron chi connectivity index (χ0n) is 11.9. The van der Waals surface area contributed by atoms with E-state index in [1.807, 2.05) is 18.2 Å². The van der Waals surface area contributed by atoms with Crippen molar-refractivity contribution in [1.29, 1.82) is 0 Å². The summed E-state index contributed by atoms with van der Waals surface area (Å²) in [6.07, 6.45) is 0. The van der Waals surface area contributed by atoms with Crippen LogP contribution < -0.4 is 10.1 Å². The lowest BCUT2D eigenvalue weighted by molar-refractivity contribution is 0.299. The smallest absolute Gasteiger partial charge is 0.127 e. The zero-order valence-corrected chi connectivity index (χ0v) is 13.5. The molecule has 0 saturated heterocycles. The fourth-order valence-corrected chi connectivity index (χ4v) is 2.48. The Balaban J connectivity index is 2.14. The molecule has 0 unspecified atom stereocenters. The average molecular weight is 334 g/mol. The molecule has 0 aliphatic carbocycles. The van der Waals surface area contributed by atoms with Gasteiger partial charge in [-0.15, -0.1) is 0 Å². The van der Waals surface area contributed by atoms with Crippen LogP contribution in [-0.4, -0.2) is 6.54 Å². The third kappa shape index (κ3) is 3.84. The third-order valence-corrected chi connectivity index (χ3v) is 3.96. The minimum atomic E-state index is 0.575. The number of hydrogen-bond donors (Lipinski definition) is 1. The second kappa shape index (κ2) is 7.46. The highest BCUT2D eigenvalue weighted by atomic mass is 79.9. The zero-order chi connectivity index (χ0) is 14.4. The number of hydrogen-bond acceptors (Lipinski definition) is 2. The molecule has 0 aromatic heterocycles. The van der Waals surface area contributed by atoms with E-state index in [4.69, 9.17) is 4.74 Å². The molecule has 0 aliphatic rings. The Labute approximate surface area is 129 Å². The second-order valence-electron chi connectivity index (χ2n) is 4.72. The van der Waals surface area contributed by atoms with Crippen LogP contribution in [0.4, 0.5) is 0 Å². The maximum atomic E-state index is 6.06. The molecule has 0 radical (unpaired) electrons.